The summed E-state index contributed by atoms with van der Waals surface area (Å²) in [4.78, 5) is 2.23. The van der Waals surface area contributed by atoms with Crippen molar-refractivity contribution in [2.24, 2.45) is 46.3 Å². The highest BCUT2D eigenvalue weighted by Gasteiger charge is 2.59. The van der Waals surface area contributed by atoms with Gasteiger partial charge in [0.2, 0.25) is 0 Å². The van der Waals surface area contributed by atoms with Crippen molar-refractivity contribution in [3.63, 3.8) is 0 Å². The molecule has 4 aliphatic carbocycles. The fourth-order valence-corrected chi connectivity index (χ4v) is 13.2. The zero-order valence-corrected chi connectivity index (χ0v) is 42.7. The second-order valence-electron chi connectivity index (χ2n) is 22.6. The first-order valence-corrected chi connectivity index (χ1v) is 27.5. The number of ether oxygens (including phenoxy) is 3. The summed E-state index contributed by atoms with van der Waals surface area (Å²) in [6.07, 6.45) is 51.1. The second-order valence-corrected chi connectivity index (χ2v) is 22.6. The molecule has 0 saturated heterocycles. The Morgan fingerprint density at radius 1 is 0.694 bits per heavy atom. The third-order valence-corrected chi connectivity index (χ3v) is 16.9. The molecule has 9 atom stereocenters. The minimum atomic E-state index is 0.173. The summed E-state index contributed by atoms with van der Waals surface area (Å²) in [6, 6.07) is 0. The molecule has 3 saturated carbocycles. The molecule has 62 heavy (non-hydrogen) atoms. The van der Waals surface area contributed by atoms with Crippen LogP contribution in [0.4, 0.5) is 0 Å². The van der Waals surface area contributed by atoms with E-state index in [2.05, 4.69) is 90.9 Å². The van der Waals surface area contributed by atoms with Gasteiger partial charge in [-0.2, -0.15) is 0 Å². The van der Waals surface area contributed by atoms with Crippen molar-refractivity contribution in [3.8, 4) is 0 Å². The fraction of sp³-hybridized carbons (Fsp3) is 0.897. The Morgan fingerprint density at radius 3 is 2.05 bits per heavy atom. The molecule has 4 aliphatic rings. The number of hydrogen-bond acceptors (Lipinski definition) is 4. The molecule has 0 aliphatic heterocycles. The molecular weight excluding hydrogens is 759 g/mol. The van der Waals surface area contributed by atoms with E-state index in [1.807, 2.05) is 0 Å². The second kappa shape index (κ2) is 30.4. The van der Waals surface area contributed by atoms with Crippen LogP contribution in [0.15, 0.2) is 36.0 Å². The fourth-order valence-electron chi connectivity index (χ4n) is 13.2. The van der Waals surface area contributed by atoms with E-state index in [4.69, 9.17) is 14.2 Å². The van der Waals surface area contributed by atoms with Crippen LogP contribution in [0.3, 0.4) is 0 Å². The average molecular weight is 864 g/mol. The molecule has 0 radical (unpaired) electrons. The van der Waals surface area contributed by atoms with Gasteiger partial charge in [0.05, 0.1) is 18.8 Å². The van der Waals surface area contributed by atoms with Gasteiger partial charge >= 0.3 is 0 Å². The van der Waals surface area contributed by atoms with Crippen LogP contribution < -0.4 is 0 Å². The molecule has 0 aromatic carbocycles. The van der Waals surface area contributed by atoms with Crippen molar-refractivity contribution >= 4 is 0 Å². The summed E-state index contributed by atoms with van der Waals surface area (Å²) < 4.78 is 19.0. The molecule has 3 fully saturated rings. The van der Waals surface area contributed by atoms with Gasteiger partial charge in [-0.25, -0.2) is 0 Å². The maximum atomic E-state index is 6.61. The third kappa shape index (κ3) is 18.4. The maximum Gasteiger partial charge on any atom is 0.0934 e. The van der Waals surface area contributed by atoms with Gasteiger partial charge in [-0.05, 0) is 163 Å². The SMILES string of the molecule is CCCCC/C=C\C/C=C\CCCCCCCCOCC(CN(C)C)OCCCCCCCCOC1CC[C@]2(C)C(=CC[C@@H]3[C@H]4CC[C@@H]([C@@H](C)CCCC(C)C)[C@]4(C)CC[C@H]32)C1. The molecule has 360 valence electrons. The number of fused-ring (bicyclic) bond motifs is 5. The average Bonchev–Trinajstić information content (AvgIpc) is 3.60. The van der Waals surface area contributed by atoms with E-state index in [1.165, 1.54) is 173 Å². The Labute approximate surface area is 387 Å². The van der Waals surface area contributed by atoms with E-state index in [0.29, 0.717) is 16.9 Å². The van der Waals surface area contributed by atoms with Crippen molar-refractivity contribution in [3.05, 3.63) is 36.0 Å². The lowest BCUT2D eigenvalue weighted by Crippen LogP contribution is -2.51. The lowest BCUT2D eigenvalue weighted by molar-refractivity contribution is -0.0641. The highest BCUT2D eigenvalue weighted by molar-refractivity contribution is 5.25. The van der Waals surface area contributed by atoms with Crippen molar-refractivity contribution in [2.45, 2.75) is 240 Å². The minimum Gasteiger partial charge on any atom is -0.379 e. The Bertz CT molecular complexity index is 1240. The van der Waals surface area contributed by atoms with Crippen LogP contribution >= 0.6 is 0 Å². The first-order chi connectivity index (χ1) is 30.1. The van der Waals surface area contributed by atoms with E-state index in [1.54, 1.807) is 5.57 Å². The number of hydrogen-bond donors (Lipinski definition) is 0. The van der Waals surface area contributed by atoms with Gasteiger partial charge in [0.25, 0.3) is 0 Å². The van der Waals surface area contributed by atoms with E-state index in [9.17, 15) is 0 Å². The zero-order chi connectivity index (χ0) is 44.5. The first kappa shape index (κ1) is 53.7. The molecule has 4 rings (SSSR count). The predicted molar refractivity (Wildman–Crippen MR) is 269 cm³/mol. The quantitative estimate of drug-likeness (QED) is 0.0469. The van der Waals surface area contributed by atoms with Crippen LogP contribution in [0.5, 0.6) is 0 Å². The Hall–Kier alpha value is -0.940. The Kier molecular flexibility index (Phi) is 26.3. The lowest BCUT2D eigenvalue weighted by Gasteiger charge is -2.58. The van der Waals surface area contributed by atoms with Crippen molar-refractivity contribution in [1.82, 2.24) is 4.90 Å². The van der Waals surface area contributed by atoms with E-state index in [-0.39, 0.29) is 6.10 Å². The first-order valence-electron chi connectivity index (χ1n) is 27.5. The Balaban J connectivity index is 0.980. The van der Waals surface area contributed by atoms with Crippen LogP contribution in [0, 0.1) is 46.3 Å². The molecule has 0 amide bonds. The van der Waals surface area contributed by atoms with Gasteiger partial charge < -0.3 is 19.1 Å². The number of likely N-dealkylation sites (N-methyl/N-ethyl adjacent to an activating group) is 1. The minimum absolute atomic E-state index is 0.173. The summed E-state index contributed by atoms with van der Waals surface area (Å²) in [6.45, 7) is 19.4. The standard InChI is InChI=1S/C58H105NO3/c1-9-10-11-12-13-14-15-16-17-18-19-20-21-22-25-28-42-60-47-52(46-59(7)8)62-44-30-27-24-23-26-29-43-61-51-38-40-57(5)50(45-51)34-35-53-55-37-36-54(49(4)33-31-32-48(2)3)58(55,6)41-39-56(53)57/h13-14,16-17,34,48-49,51-56H,9-12,15,18-33,35-47H2,1-8H3/b14-13-,17-16-/t49-,51?,52?,53+,54-,55+,56+,57+,58-/m0/s1. The molecule has 0 bridgehead atoms. The number of rotatable bonds is 35. The summed E-state index contributed by atoms with van der Waals surface area (Å²) in [5, 5.41) is 0. The summed E-state index contributed by atoms with van der Waals surface area (Å²) in [7, 11) is 4.28. The molecule has 2 unspecified atom stereocenters. The van der Waals surface area contributed by atoms with E-state index >= 15 is 0 Å². The van der Waals surface area contributed by atoms with Crippen molar-refractivity contribution < 1.29 is 14.2 Å². The van der Waals surface area contributed by atoms with Gasteiger partial charge in [-0.15, -0.1) is 0 Å². The summed E-state index contributed by atoms with van der Waals surface area (Å²) in [5.41, 5.74) is 2.79. The molecule has 4 nitrogen and oxygen atoms in total. The molecule has 0 heterocycles. The van der Waals surface area contributed by atoms with Crippen LogP contribution in [0.1, 0.15) is 228 Å². The molecular formula is C58H105NO3. The number of unbranched alkanes of at least 4 members (excludes halogenated alkanes) is 14. The number of nitrogens with zero attached hydrogens (tertiary/aromatic N) is 1. The normalized spacial score (nSPS) is 28.5. The van der Waals surface area contributed by atoms with E-state index < -0.39 is 0 Å². The van der Waals surface area contributed by atoms with E-state index in [0.717, 1.165) is 81.3 Å². The summed E-state index contributed by atoms with van der Waals surface area (Å²) >= 11 is 0. The van der Waals surface area contributed by atoms with Gasteiger partial charge in [0.15, 0.2) is 0 Å². The van der Waals surface area contributed by atoms with Crippen molar-refractivity contribution in [1.29, 1.82) is 0 Å². The molecule has 4 heteroatoms. The van der Waals surface area contributed by atoms with Crippen LogP contribution in [0.2, 0.25) is 0 Å². The predicted octanol–water partition coefficient (Wildman–Crippen LogP) is 16.5. The lowest BCUT2D eigenvalue weighted by atomic mass is 9.47. The highest BCUT2D eigenvalue weighted by Crippen LogP contribution is 2.67. The number of allylic oxidation sites excluding steroid dienone is 5. The van der Waals surface area contributed by atoms with Crippen molar-refractivity contribution in [2.75, 3.05) is 47.1 Å². The van der Waals surface area contributed by atoms with Gasteiger partial charge in [0.1, 0.15) is 0 Å². The largest absolute Gasteiger partial charge is 0.379 e. The zero-order valence-electron chi connectivity index (χ0n) is 42.7. The molecule has 0 aromatic heterocycles. The smallest absolute Gasteiger partial charge is 0.0934 e. The molecule has 0 aromatic rings. The monoisotopic (exact) mass is 864 g/mol. The van der Waals surface area contributed by atoms with Gasteiger partial charge in [-0.1, -0.05) is 161 Å². The van der Waals surface area contributed by atoms with Gasteiger partial charge in [-0.3, -0.25) is 0 Å². The summed E-state index contributed by atoms with van der Waals surface area (Å²) in [5.74, 6) is 5.49. The molecule has 0 spiro atoms. The maximum absolute atomic E-state index is 6.61. The van der Waals surface area contributed by atoms with Crippen LogP contribution in [-0.4, -0.2) is 64.2 Å². The van der Waals surface area contributed by atoms with Crippen LogP contribution in [0.25, 0.3) is 0 Å². The van der Waals surface area contributed by atoms with Gasteiger partial charge in [0, 0.05) is 26.4 Å². The Morgan fingerprint density at radius 2 is 1.35 bits per heavy atom. The van der Waals surface area contributed by atoms with Crippen LogP contribution in [-0.2, 0) is 14.2 Å². The molecule has 0 N–H and O–H groups in total. The topological polar surface area (TPSA) is 30.9 Å². The highest BCUT2D eigenvalue weighted by atomic mass is 16.5. The third-order valence-electron chi connectivity index (χ3n) is 16.9.